The number of aromatic nitrogens is 3. The van der Waals surface area contributed by atoms with Gasteiger partial charge in [-0.2, -0.15) is 0 Å². The van der Waals surface area contributed by atoms with E-state index in [1.807, 2.05) is 59.3 Å². The second-order valence-electron chi connectivity index (χ2n) is 5.36. The number of aliphatic hydroxyl groups excluding tert-OH is 1. The zero-order chi connectivity index (χ0) is 15.6. The van der Waals surface area contributed by atoms with Crippen molar-refractivity contribution < 1.29 is 5.11 Å². The maximum atomic E-state index is 9.33. The molecule has 0 radical (unpaired) electrons. The van der Waals surface area contributed by atoms with Gasteiger partial charge in [-0.1, -0.05) is 18.2 Å². The largest absolute Gasteiger partial charge is 0.392 e. The summed E-state index contributed by atoms with van der Waals surface area (Å²) >= 11 is 0. The Balaban J connectivity index is 1.84. The van der Waals surface area contributed by atoms with E-state index < -0.39 is 0 Å². The Hall–Kier alpha value is -2.98. The van der Waals surface area contributed by atoms with Gasteiger partial charge in [0.05, 0.1) is 12.1 Å². The Bertz CT molecular complexity index is 975. The van der Waals surface area contributed by atoms with Crippen LogP contribution in [0.1, 0.15) is 5.56 Å². The fourth-order valence-corrected chi connectivity index (χ4v) is 2.74. The highest BCUT2D eigenvalue weighted by Crippen LogP contribution is 2.25. The van der Waals surface area contributed by atoms with Gasteiger partial charge in [-0.25, -0.2) is 4.98 Å². The molecule has 4 nitrogen and oxygen atoms in total. The van der Waals surface area contributed by atoms with Crippen molar-refractivity contribution >= 4 is 10.9 Å². The van der Waals surface area contributed by atoms with Gasteiger partial charge >= 0.3 is 0 Å². The van der Waals surface area contributed by atoms with Crippen LogP contribution in [-0.4, -0.2) is 19.6 Å². The smallest absolute Gasteiger partial charge is 0.144 e. The molecule has 4 rings (SSSR count). The zero-order valence-corrected chi connectivity index (χ0v) is 12.4. The van der Waals surface area contributed by atoms with Crippen molar-refractivity contribution in [3.05, 3.63) is 78.8 Å². The lowest BCUT2D eigenvalue weighted by atomic mass is 10.1. The van der Waals surface area contributed by atoms with Gasteiger partial charge in [-0.05, 0) is 42.0 Å². The van der Waals surface area contributed by atoms with Gasteiger partial charge in [0, 0.05) is 35.2 Å². The zero-order valence-electron chi connectivity index (χ0n) is 12.4. The Morgan fingerprint density at radius 3 is 2.78 bits per heavy atom. The summed E-state index contributed by atoms with van der Waals surface area (Å²) in [6.45, 7) is 0.0273. The van der Waals surface area contributed by atoms with Gasteiger partial charge in [-0.3, -0.25) is 9.55 Å². The van der Waals surface area contributed by atoms with Crippen LogP contribution in [0, 0.1) is 0 Å². The topological polar surface area (TPSA) is 50.9 Å². The van der Waals surface area contributed by atoms with E-state index in [9.17, 15) is 5.11 Å². The summed E-state index contributed by atoms with van der Waals surface area (Å²) in [6, 6.07) is 17.9. The molecule has 4 heteroatoms. The summed E-state index contributed by atoms with van der Waals surface area (Å²) in [5.41, 5.74) is 3.86. The van der Waals surface area contributed by atoms with Crippen LogP contribution in [0.4, 0.5) is 0 Å². The van der Waals surface area contributed by atoms with Crippen LogP contribution >= 0.6 is 0 Å². The van der Waals surface area contributed by atoms with Gasteiger partial charge in [-0.15, -0.1) is 0 Å². The number of hydrogen-bond acceptors (Lipinski definition) is 3. The first kappa shape index (κ1) is 13.7. The fraction of sp³-hybridized carbons (Fsp3) is 0.0526. The van der Waals surface area contributed by atoms with E-state index in [0.717, 1.165) is 33.5 Å². The van der Waals surface area contributed by atoms with Crippen molar-refractivity contribution in [1.82, 2.24) is 14.5 Å². The van der Waals surface area contributed by atoms with Gasteiger partial charge in [0.25, 0.3) is 0 Å². The average molecular weight is 301 g/mol. The normalized spacial score (nSPS) is 11.0. The van der Waals surface area contributed by atoms with Crippen molar-refractivity contribution in [1.29, 1.82) is 0 Å². The summed E-state index contributed by atoms with van der Waals surface area (Å²) in [5.74, 6) is 0.867. The van der Waals surface area contributed by atoms with E-state index in [4.69, 9.17) is 0 Å². The molecule has 2 aromatic heterocycles. The molecule has 2 heterocycles. The molecule has 112 valence electrons. The average Bonchev–Trinajstić information content (AvgIpc) is 3.11. The molecule has 4 aromatic rings. The third-order valence-corrected chi connectivity index (χ3v) is 3.87. The minimum atomic E-state index is 0.0273. The van der Waals surface area contributed by atoms with Crippen molar-refractivity contribution in [3.63, 3.8) is 0 Å². The Morgan fingerprint density at radius 2 is 1.87 bits per heavy atom. The molecule has 0 bridgehead atoms. The van der Waals surface area contributed by atoms with Gasteiger partial charge in [0.2, 0.25) is 0 Å². The predicted octanol–water partition coefficient (Wildman–Crippen LogP) is 3.58. The minimum Gasteiger partial charge on any atom is -0.392 e. The molecular weight excluding hydrogens is 286 g/mol. The SMILES string of the molecule is OCc1cccc(-n2ccnc2-c2ccc3ncccc3c2)c1. The second-order valence-corrected chi connectivity index (χ2v) is 5.36. The van der Waals surface area contributed by atoms with Gasteiger partial charge in [0.1, 0.15) is 5.82 Å². The molecule has 0 spiro atoms. The van der Waals surface area contributed by atoms with E-state index in [0.29, 0.717) is 0 Å². The number of rotatable bonds is 3. The lowest BCUT2D eigenvalue weighted by molar-refractivity contribution is 0.282. The Kier molecular flexibility index (Phi) is 3.37. The van der Waals surface area contributed by atoms with Crippen molar-refractivity contribution in [2.24, 2.45) is 0 Å². The number of hydrogen-bond donors (Lipinski definition) is 1. The maximum Gasteiger partial charge on any atom is 0.144 e. The lowest BCUT2D eigenvalue weighted by Gasteiger charge is -2.10. The fourth-order valence-electron chi connectivity index (χ4n) is 2.74. The van der Waals surface area contributed by atoms with Crippen LogP contribution in [0.3, 0.4) is 0 Å². The maximum absolute atomic E-state index is 9.33. The van der Waals surface area contributed by atoms with Crippen LogP contribution in [0.15, 0.2) is 73.2 Å². The molecule has 0 saturated heterocycles. The lowest BCUT2D eigenvalue weighted by Crippen LogP contribution is -1.97. The molecule has 0 atom stereocenters. The molecule has 0 aliphatic carbocycles. The monoisotopic (exact) mass is 301 g/mol. The first-order valence-electron chi connectivity index (χ1n) is 7.44. The molecule has 0 amide bonds. The second kappa shape index (κ2) is 5.66. The first-order chi connectivity index (χ1) is 11.3. The first-order valence-corrected chi connectivity index (χ1v) is 7.44. The van der Waals surface area contributed by atoms with Crippen LogP contribution < -0.4 is 0 Å². The predicted molar refractivity (Wildman–Crippen MR) is 90.2 cm³/mol. The van der Waals surface area contributed by atoms with Crippen LogP contribution in [0.2, 0.25) is 0 Å². The number of pyridine rings is 1. The standard InChI is InChI=1S/C19H15N3O/c23-13-14-3-1-5-17(11-14)22-10-9-21-19(22)16-6-7-18-15(12-16)4-2-8-20-18/h1-12,23H,13H2. The van der Waals surface area contributed by atoms with Crippen molar-refractivity contribution in [2.75, 3.05) is 0 Å². The third-order valence-electron chi connectivity index (χ3n) is 3.87. The van der Waals surface area contributed by atoms with E-state index in [-0.39, 0.29) is 6.61 Å². The van der Waals surface area contributed by atoms with E-state index in [2.05, 4.69) is 16.0 Å². The third kappa shape index (κ3) is 2.49. The quantitative estimate of drug-likeness (QED) is 0.629. The molecule has 0 unspecified atom stereocenters. The Labute approximate surface area is 133 Å². The summed E-state index contributed by atoms with van der Waals surface area (Å²) in [7, 11) is 0. The molecule has 0 saturated carbocycles. The highest BCUT2D eigenvalue weighted by molar-refractivity contribution is 5.83. The molecule has 2 aromatic carbocycles. The van der Waals surface area contributed by atoms with E-state index in [1.54, 1.807) is 12.4 Å². The molecule has 1 N–H and O–H groups in total. The van der Waals surface area contributed by atoms with Crippen LogP contribution in [0.25, 0.3) is 28.0 Å². The summed E-state index contributed by atoms with van der Waals surface area (Å²) in [5, 5.41) is 10.4. The molecular formula is C19H15N3O. The summed E-state index contributed by atoms with van der Waals surface area (Å²) in [4.78, 5) is 8.86. The van der Waals surface area contributed by atoms with Gasteiger partial charge in [0.15, 0.2) is 0 Å². The van der Waals surface area contributed by atoms with Gasteiger partial charge < -0.3 is 5.11 Å². The van der Waals surface area contributed by atoms with Crippen LogP contribution in [0.5, 0.6) is 0 Å². The molecule has 0 aliphatic rings. The number of nitrogens with zero attached hydrogens (tertiary/aromatic N) is 3. The number of imidazole rings is 1. The van der Waals surface area contributed by atoms with Crippen LogP contribution in [-0.2, 0) is 6.61 Å². The van der Waals surface area contributed by atoms with E-state index >= 15 is 0 Å². The van der Waals surface area contributed by atoms with E-state index in [1.165, 1.54) is 0 Å². The highest BCUT2D eigenvalue weighted by Gasteiger charge is 2.09. The molecule has 23 heavy (non-hydrogen) atoms. The van der Waals surface area contributed by atoms with Crippen molar-refractivity contribution in [3.8, 4) is 17.1 Å². The number of fused-ring (bicyclic) bond motifs is 1. The molecule has 0 aliphatic heterocycles. The minimum absolute atomic E-state index is 0.0273. The number of benzene rings is 2. The Morgan fingerprint density at radius 1 is 0.913 bits per heavy atom. The summed E-state index contributed by atoms with van der Waals surface area (Å²) in [6.07, 6.45) is 5.51. The number of aliphatic hydroxyl groups is 1. The summed E-state index contributed by atoms with van der Waals surface area (Å²) < 4.78 is 2.02. The highest BCUT2D eigenvalue weighted by atomic mass is 16.3. The molecule has 0 fully saturated rings. The van der Waals surface area contributed by atoms with Crippen molar-refractivity contribution in [2.45, 2.75) is 6.61 Å².